The summed E-state index contributed by atoms with van der Waals surface area (Å²) < 4.78 is 0. The first-order valence-electron chi connectivity index (χ1n) is 6.91. The maximum absolute atomic E-state index is 12.0. The molecule has 0 spiro atoms. The van der Waals surface area contributed by atoms with Crippen LogP contribution in [0, 0.1) is 11.8 Å². The Morgan fingerprint density at radius 2 is 2.15 bits per heavy atom. The van der Waals surface area contributed by atoms with Gasteiger partial charge in [-0.1, -0.05) is 19.1 Å². The van der Waals surface area contributed by atoms with Gasteiger partial charge in [-0.3, -0.25) is 9.59 Å². The Balaban J connectivity index is 1.86. The summed E-state index contributed by atoms with van der Waals surface area (Å²) in [6.07, 6.45) is 0. The van der Waals surface area contributed by atoms with E-state index in [-0.39, 0.29) is 17.7 Å². The Morgan fingerprint density at radius 3 is 2.75 bits per heavy atom. The van der Waals surface area contributed by atoms with E-state index in [2.05, 4.69) is 16.0 Å². The van der Waals surface area contributed by atoms with Gasteiger partial charge < -0.3 is 16.0 Å². The molecule has 20 heavy (non-hydrogen) atoms. The molecule has 0 aliphatic carbocycles. The van der Waals surface area contributed by atoms with Crippen molar-refractivity contribution in [2.45, 2.75) is 20.4 Å². The summed E-state index contributed by atoms with van der Waals surface area (Å²) in [6, 6.07) is 7.50. The molecule has 1 saturated heterocycles. The maximum atomic E-state index is 12.0. The van der Waals surface area contributed by atoms with Gasteiger partial charge in [0.25, 0.3) is 0 Å². The smallest absolute Gasteiger partial charge is 0.223 e. The summed E-state index contributed by atoms with van der Waals surface area (Å²) in [4.78, 5) is 23.0. The zero-order valence-corrected chi connectivity index (χ0v) is 11.9. The minimum atomic E-state index is -0.0997. The lowest BCUT2D eigenvalue weighted by Crippen LogP contribution is -2.49. The number of anilines is 1. The molecule has 1 aliphatic rings. The highest BCUT2D eigenvalue weighted by Crippen LogP contribution is 2.16. The van der Waals surface area contributed by atoms with Gasteiger partial charge in [0, 0.05) is 25.1 Å². The van der Waals surface area contributed by atoms with Crippen molar-refractivity contribution in [2.75, 3.05) is 18.4 Å². The lowest BCUT2D eigenvalue weighted by atomic mass is 9.88. The van der Waals surface area contributed by atoms with Crippen LogP contribution < -0.4 is 16.0 Å². The molecule has 1 aliphatic heterocycles. The van der Waals surface area contributed by atoms with Crippen LogP contribution in [0.3, 0.4) is 0 Å². The van der Waals surface area contributed by atoms with Crippen LogP contribution in [0.15, 0.2) is 24.3 Å². The van der Waals surface area contributed by atoms with Crippen molar-refractivity contribution in [1.82, 2.24) is 10.6 Å². The fourth-order valence-corrected chi connectivity index (χ4v) is 2.19. The fraction of sp³-hybridized carbons (Fsp3) is 0.467. The van der Waals surface area contributed by atoms with E-state index in [1.165, 1.54) is 6.92 Å². The van der Waals surface area contributed by atoms with Gasteiger partial charge in [-0.15, -0.1) is 0 Å². The zero-order valence-electron chi connectivity index (χ0n) is 11.9. The van der Waals surface area contributed by atoms with Crippen molar-refractivity contribution in [3.63, 3.8) is 0 Å². The standard InChI is InChI=1S/C15H21N3O2/c1-10(13-8-16-9-13)15(20)17-7-12-4-3-5-14(6-12)18-11(2)19/h3-6,10,13,16H,7-9H2,1-2H3,(H,17,20)(H,18,19). The summed E-state index contributed by atoms with van der Waals surface area (Å²) in [6.45, 7) is 5.77. The summed E-state index contributed by atoms with van der Waals surface area (Å²) in [7, 11) is 0. The predicted octanol–water partition coefficient (Wildman–Crippen LogP) is 1.12. The fourth-order valence-electron chi connectivity index (χ4n) is 2.19. The van der Waals surface area contributed by atoms with E-state index < -0.39 is 0 Å². The van der Waals surface area contributed by atoms with Gasteiger partial charge in [0.2, 0.25) is 11.8 Å². The Kier molecular flexibility index (Phi) is 4.74. The third kappa shape index (κ3) is 3.81. The first-order chi connectivity index (χ1) is 9.56. The first-order valence-corrected chi connectivity index (χ1v) is 6.91. The van der Waals surface area contributed by atoms with Crippen LogP contribution in [0.4, 0.5) is 5.69 Å². The minimum absolute atomic E-state index is 0.0368. The lowest BCUT2D eigenvalue weighted by Gasteiger charge is -2.31. The van der Waals surface area contributed by atoms with Crippen LogP contribution in [0.5, 0.6) is 0 Å². The highest BCUT2D eigenvalue weighted by Gasteiger charge is 2.28. The van der Waals surface area contributed by atoms with Gasteiger partial charge >= 0.3 is 0 Å². The van der Waals surface area contributed by atoms with E-state index in [0.29, 0.717) is 12.5 Å². The quantitative estimate of drug-likeness (QED) is 0.754. The molecule has 1 atom stereocenters. The minimum Gasteiger partial charge on any atom is -0.352 e. The number of amides is 2. The average Bonchev–Trinajstić information content (AvgIpc) is 2.33. The van der Waals surface area contributed by atoms with E-state index >= 15 is 0 Å². The molecule has 0 radical (unpaired) electrons. The van der Waals surface area contributed by atoms with E-state index in [0.717, 1.165) is 24.3 Å². The van der Waals surface area contributed by atoms with Gasteiger partial charge in [0.1, 0.15) is 0 Å². The normalized spacial score (nSPS) is 16.1. The second-order valence-electron chi connectivity index (χ2n) is 5.31. The number of hydrogen-bond acceptors (Lipinski definition) is 3. The molecule has 1 aromatic rings. The monoisotopic (exact) mass is 275 g/mol. The second kappa shape index (κ2) is 6.52. The molecule has 0 saturated carbocycles. The number of carbonyl (C=O) groups is 2. The van der Waals surface area contributed by atoms with E-state index in [1.54, 1.807) is 0 Å². The second-order valence-corrected chi connectivity index (χ2v) is 5.31. The summed E-state index contributed by atoms with van der Waals surface area (Å²) in [5, 5.41) is 8.86. The van der Waals surface area contributed by atoms with Crippen molar-refractivity contribution in [3.05, 3.63) is 29.8 Å². The number of carbonyl (C=O) groups excluding carboxylic acids is 2. The Bertz CT molecular complexity index is 498. The highest BCUT2D eigenvalue weighted by molar-refractivity contribution is 5.88. The van der Waals surface area contributed by atoms with E-state index in [9.17, 15) is 9.59 Å². The molecule has 2 amide bonds. The maximum Gasteiger partial charge on any atom is 0.223 e. The van der Waals surface area contributed by atoms with Crippen molar-refractivity contribution in [3.8, 4) is 0 Å². The molecule has 108 valence electrons. The predicted molar refractivity (Wildman–Crippen MR) is 78.1 cm³/mol. The van der Waals surface area contributed by atoms with Crippen LogP contribution in [0.25, 0.3) is 0 Å². The molecule has 0 bridgehead atoms. The zero-order chi connectivity index (χ0) is 14.5. The average molecular weight is 275 g/mol. The lowest BCUT2D eigenvalue weighted by molar-refractivity contribution is -0.126. The molecule has 1 fully saturated rings. The SMILES string of the molecule is CC(=O)Nc1cccc(CNC(=O)C(C)C2CNC2)c1. The molecular weight excluding hydrogens is 254 g/mol. The van der Waals surface area contributed by atoms with Crippen molar-refractivity contribution < 1.29 is 9.59 Å². The Morgan fingerprint density at radius 1 is 1.40 bits per heavy atom. The number of nitrogens with one attached hydrogen (secondary N) is 3. The summed E-state index contributed by atoms with van der Waals surface area (Å²) >= 11 is 0. The van der Waals surface area contributed by atoms with Crippen LogP contribution >= 0.6 is 0 Å². The molecule has 5 heteroatoms. The van der Waals surface area contributed by atoms with Crippen LogP contribution in [-0.2, 0) is 16.1 Å². The molecule has 1 unspecified atom stereocenters. The van der Waals surface area contributed by atoms with Gasteiger partial charge in [-0.2, -0.15) is 0 Å². The van der Waals surface area contributed by atoms with Gasteiger partial charge in [0.05, 0.1) is 0 Å². The molecular formula is C15H21N3O2. The van der Waals surface area contributed by atoms with Crippen LogP contribution in [-0.4, -0.2) is 24.9 Å². The third-order valence-corrected chi connectivity index (χ3v) is 3.65. The molecule has 0 aromatic heterocycles. The van der Waals surface area contributed by atoms with Crippen LogP contribution in [0.2, 0.25) is 0 Å². The van der Waals surface area contributed by atoms with E-state index in [1.807, 2.05) is 31.2 Å². The summed E-state index contributed by atoms with van der Waals surface area (Å²) in [5.41, 5.74) is 1.73. The van der Waals surface area contributed by atoms with Crippen molar-refractivity contribution in [2.24, 2.45) is 11.8 Å². The largest absolute Gasteiger partial charge is 0.352 e. The number of benzene rings is 1. The topological polar surface area (TPSA) is 70.2 Å². The Labute approximate surface area is 119 Å². The summed E-state index contributed by atoms with van der Waals surface area (Å²) in [5.74, 6) is 0.467. The third-order valence-electron chi connectivity index (χ3n) is 3.65. The van der Waals surface area contributed by atoms with Gasteiger partial charge in [-0.25, -0.2) is 0 Å². The molecule has 3 N–H and O–H groups in total. The Hall–Kier alpha value is -1.88. The van der Waals surface area contributed by atoms with Crippen molar-refractivity contribution in [1.29, 1.82) is 0 Å². The number of hydrogen-bond donors (Lipinski definition) is 3. The van der Waals surface area contributed by atoms with Gasteiger partial charge in [0.15, 0.2) is 0 Å². The molecule has 1 heterocycles. The highest BCUT2D eigenvalue weighted by atomic mass is 16.2. The van der Waals surface area contributed by atoms with Crippen LogP contribution in [0.1, 0.15) is 19.4 Å². The molecule has 5 nitrogen and oxygen atoms in total. The molecule has 2 rings (SSSR count). The first kappa shape index (κ1) is 14.5. The van der Waals surface area contributed by atoms with Crippen molar-refractivity contribution >= 4 is 17.5 Å². The number of rotatable bonds is 5. The molecule has 1 aromatic carbocycles. The van der Waals surface area contributed by atoms with E-state index in [4.69, 9.17) is 0 Å². The van der Waals surface area contributed by atoms with Gasteiger partial charge in [-0.05, 0) is 36.7 Å².